The molecule has 2 amide bonds. The van der Waals surface area contributed by atoms with Crippen molar-refractivity contribution in [2.24, 2.45) is 17.6 Å². The summed E-state index contributed by atoms with van der Waals surface area (Å²) in [6, 6.07) is 1.98. The Balaban J connectivity index is 1.36. The molecule has 1 saturated carbocycles. The number of hydrogen-bond acceptors (Lipinski definition) is 4. The van der Waals surface area contributed by atoms with Crippen molar-refractivity contribution in [3.8, 4) is 0 Å². The zero-order chi connectivity index (χ0) is 22.9. The molecule has 172 valence electrons. The van der Waals surface area contributed by atoms with E-state index in [0.29, 0.717) is 44.7 Å². The van der Waals surface area contributed by atoms with Crippen LogP contribution in [0.4, 0.5) is 18.9 Å². The largest absolute Gasteiger partial charge is 0.391 e. The molecule has 4 rings (SSSR count). The van der Waals surface area contributed by atoms with Crippen LogP contribution in [-0.2, 0) is 9.59 Å². The highest BCUT2D eigenvalue weighted by Gasteiger charge is 2.43. The van der Waals surface area contributed by atoms with E-state index >= 15 is 0 Å². The second kappa shape index (κ2) is 8.84. The molecule has 0 atom stereocenters. The lowest BCUT2D eigenvalue weighted by Gasteiger charge is -2.38. The Hall–Kier alpha value is -3.04. The maximum absolute atomic E-state index is 12.9. The van der Waals surface area contributed by atoms with Crippen LogP contribution >= 0.6 is 0 Å². The molecule has 2 aliphatic rings. The van der Waals surface area contributed by atoms with Crippen LogP contribution in [0.25, 0.3) is 17.1 Å². The van der Waals surface area contributed by atoms with Gasteiger partial charge in [-0.1, -0.05) is 0 Å². The van der Waals surface area contributed by atoms with Gasteiger partial charge in [0.2, 0.25) is 11.8 Å². The predicted molar refractivity (Wildman–Crippen MR) is 115 cm³/mol. The lowest BCUT2D eigenvalue weighted by Crippen LogP contribution is -2.51. The molecule has 10 heteroatoms. The summed E-state index contributed by atoms with van der Waals surface area (Å²) in [6.45, 7) is 2.29. The van der Waals surface area contributed by atoms with E-state index in [9.17, 15) is 22.8 Å². The minimum absolute atomic E-state index is 0.0247. The second-order valence-electron chi connectivity index (χ2n) is 8.47. The Morgan fingerprint density at radius 2 is 1.81 bits per heavy atom. The van der Waals surface area contributed by atoms with Gasteiger partial charge < -0.3 is 20.5 Å². The number of alkyl halides is 3. The smallest absolute Gasteiger partial charge is 0.367 e. The minimum Gasteiger partial charge on any atom is -0.367 e. The van der Waals surface area contributed by atoms with Crippen LogP contribution in [0.2, 0.25) is 0 Å². The molecule has 3 N–H and O–H groups in total. The van der Waals surface area contributed by atoms with E-state index < -0.39 is 18.0 Å². The number of anilines is 1. The predicted octanol–water partition coefficient (Wildman–Crippen LogP) is 3.08. The second-order valence-corrected chi connectivity index (χ2v) is 8.47. The lowest BCUT2D eigenvalue weighted by atomic mass is 9.81. The van der Waals surface area contributed by atoms with E-state index in [2.05, 4.69) is 14.9 Å². The van der Waals surface area contributed by atoms with Gasteiger partial charge in [0.15, 0.2) is 0 Å². The number of aromatic amines is 1. The SMILES string of the molecule is NC(=O)/C=C/c1c[nH]c2ncc(N3CCN(C(=O)[C@H]4CC[C@H](C(F)(F)F)CC4)CC3)cc12. The number of fused-ring (bicyclic) bond motifs is 1. The number of H-pyrrole nitrogens is 1. The fourth-order valence-corrected chi connectivity index (χ4v) is 4.61. The van der Waals surface area contributed by atoms with Crippen LogP contribution in [0.1, 0.15) is 31.2 Å². The minimum atomic E-state index is -4.16. The molecule has 32 heavy (non-hydrogen) atoms. The quantitative estimate of drug-likeness (QED) is 0.702. The van der Waals surface area contributed by atoms with Crippen LogP contribution in [0, 0.1) is 11.8 Å². The maximum atomic E-state index is 12.9. The standard InChI is InChI=1S/C22H26F3N5O2/c23-22(24,25)16-4-1-14(2-5-16)21(32)30-9-7-29(8-10-30)17-11-18-15(3-6-19(26)31)12-27-20(18)28-13-17/h3,6,11-14,16H,1-2,4-5,7-10H2,(H2,26,31)(H,27,28)/b6-3+/t14-,16-. The van der Waals surface area contributed by atoms with Crippen LogP contribution in [0.15, 0.2) is 24.5 Å². The van der Waals surface area contributed by atoms with Gasteiger partial charge in [-0.2, -0.15) is 13.2 Å². The molecule has 1 saturated heterocycles. The highest BCUT2D eigenvalue weighted by Crippen LogP contribution is 2.40. The summed E-state index contributed by atoms with van der Waals surface area (Å²) in [7, 11) is 0. The summed E-state index contributed by atoms with van der Waals surface area (Å²) in [5.74, 6) is -2.14. The first kappa shape index (κ1) is 22.2. The van der Waals surface area contributed by atoms with E-state index in [4.69, 9.17) is 5.73 Å². The Morgan fingerprint density at radius 1 is 1.12 bits per heavy atom. The zero-order valence-corrected chi connectivity index (χ0v) is 17.6. The van der Waals surface area contributed by atoms with Crippen molar-refractivity contribution in [2.45, 2.75) is 31.9 Å². The number of rotatable bonds is 4. The van der Waals surface area contributed by atoms with Crippen LogP contribution in [0.3, 0.4) is 0 Å². The van der Waals surface area contributed by atoms with E-state index in [0.717, 1.165) is 16.6 Å². The first-order valence-electron chi connectivity index (χ1n) is 10.8. The van der Waals surface area contributed by atoms with Gasteiger partial charge in [-0.25, -0.2) is 4.98 Å². The number of primary amides is 1. The van der Waals surface area contributed by atoms with E-state index in [1.54, 1.807) is 23.4 Å². The summed E-state index contributed by atoms with van der Waals surface area (Å²) in [6.07, 6.45) is 2.96. The Kier molecular flexibility index (Phi) is 6.12. The molecule has 0 unspecified atom stereocenters. The highest BCUT2D eigenvalue weighted by atomic mass is 19.4. The number of nitrogens with one attached hydrogen (secondary N) is 1. The number of piperazine rings is 1. The van der Waals surface area contributed by atoms with E-state index in [-0.39, 0.29) is 24.7 Å². The molecule has 0 aromatic carbocycles. The van der Waals surface area contributed by atoms with Gasteiger partial charge >= 0.3 is 6.18 Å². The van der Waals surface area contributed by atoms with Gasteiger partial charge in [0, 0.05) is 55.3 Å². The third kappa shape index (κ3) is 4.73. The van der Waals surface area contributed by atoms with Crippen molar-refractivity contribution < 1.29 is 22.8 Å². The molecule has 2 fully saturated rings. The Morgan fingerprint density at radius 3 is 2.44 bits per heavy atom. The molecule has 0 radical (unpaired) electrons. The van der Waals surface area contributed by atoms with Crippen molar-refractivity contribution >= 4 is 34.6 Å². The maximum Gasteiger partial charge on any atom is 0.391 e. The number of amides is 2. The van der Waals surface area contributed by atoms with Crippen molar-refractivity contribution in [2.75, 3.05) is 31.1 Å². The van der Waals surface area contributed by atoms with Crippen molar-refractivity contribution in [1.82, 2.24) is 14.9 Å². The van der Waals surface area contributed by atoms with Gasteiger partial charge in [0.25, 0.3) is 0 Å². The normalized spacial score (nSPS) is 22.6. The van der Waals surface area contributed by atoms with Crippen molar-refractivity contribution in [1.29, 1.82) is 0 Å². The van der Waals surface area contributed by atoms with Gasteiger partial charge in [-0.3, -0.25) is 9.59 Å². The van der Waals surface area contributed by atoms with Gasteiger partial charge in [0.05, 0.1) is 17.8 Å². The molecule has 2 aromatic rings. The molecule has 7 nitrogen and oxygen atoms in total. The third-order valence-corrected chi connectivity index (χ3v) is 6.47. The first-order chi connectivity index (χ1) is 15.2. The summed E-state index contributed by atoms with van der Waals surface area (Å²) in [5.41, 5.74) is 7.58. The molecule has 3 heterocycles. The molecule has 1 aliphatic carbocycles. The Labute approximate surface area is 183 Å². The monoisotopic (exact) mass is 449 g/mol. The molecular formula is C22H26F3N5O2. The van der Waals surface area contributed by atoms with Crippen molar-refractivity contribution in [3.05, 3.63) is 30.1 Å². The molecule has 1 aliphatic heterocycles. The summed E-state index contributed by atoms with van der Waals surface area (Å²) in [4.78, 5) is 35.3. The van der Waals surface area contributed by atoms with Crippen LogP contribution in [-0.4, -0.2) is 59.0 Å². The van der Waals surface area contributed by atoms with Crippen LogP contribution < -0.4 is 10.6 Å². The molecule has 2 aromatic heterocycles. The fraction of sp³-hybridized carbons (Fsp3) is 0.500. The number of pyridine rings is 1. The Bertz CT molecular complexity index is 1020. The number of hydrogen-bond donors (Lipinski definition) is 2. The summed E-state index contributed by atoms with van der Waals surface area (Å²) in [5, 5.41) is 0.861. The van der Waals surface area contributed by atoms with Crippen molar-refractivity contribution in [3.63, 3.8) is 0 Å². The average Bonchev–Trinajstić information content (AvgIpc) is 3.19. The van der Waals surface area contributed by atoms with Gasteiger partial charge in [-0.15, -0.1) is 0 Å². The topological polar surface area (TPSA) is 95.3 Å². The van der Waals surface area contributed by atoms with E-state index in [1.165, 1.54) is 6.08 Å². The summed E-state index contributed by atoms with van der Waals surface area (Å²) < 4.78 is 38.6. The zero-order valence-electron chi connectivity index (χ0n) is 17.6. The van der Waals surface area contributed by atoms with Gasteiger partial charge in [0.1, 0.15) is 5.65 Å². The number of aromatic nitrogens is 2. The number of carbonyl (C=O) groups is 2. The number of halogens is 3. The highest BCUT2D eigenvalue weighted by molar-refractivity contribution is 5.95. The van der Waals surface area contributed by atoms with Crippen LogP contribution in [0.5, 0.6) is 0 Å². The number of carbonyl (C=O) groups excluding carboxylic acids is 2. The number of nitrogens with zero attached hydrogens (tertiary/aromatic N) is 3. The first-order valence-corrected chi connectivity index (χ1v) is 10.8. The molecular weight excluding hydrogens is 423 g/mol. The average molecular weight is 449 g/mol. The lowest BCUT2D eigenvalue weighted by molar-refractivity contribution is -0.185. The van der Waals surface area contributed by atoms with Gasteiger partial charge in [-0.05, 0) is 37.8 Å². The molecule has 0 spiro atoms. The molecule has 0 bridgehead atoms. The third-order valence-electron chi connectivity index (χ3n) is 6.47. The summed E-state index contributed by atoms with van der Waals surface area (Å²) >= 11 is 0. The fourth-order valence-electron chi connectivity index (χ4n) is 4.61. The number of nitrogens with two attached hydrogens (primary N) is 1. The van der Waals surface area contributed by atoms with E-state index in [1.807, 2.05) is 6.07 Å².